The summed E-state index contributed by atoms with van der Waals surface area (Å²) in [5, 5.41) is 11.5. The van der Waals surface area contributed by atoms with Gasteiger partial charge >= 0.3 is 11.9 Å². The minimum atomic E-state index is -1.31. The molecule has 2 aliphatic carbocycles. The molecule has 0 aromatic rings. The number of esters is 2. The van der Waals surface area contributed by atoms with Gasteiger partial charge in [-0.1, -0.05) is 19.1 Å². The SMILES string of the molecule is C=C(C)[C@@H]1CC2OC(=O)C34OC5OC(=O)CC51C23[C@@H](O)C1OC[C@@H](C)C14. The number of carbonyl (C=O) groups is 2. The van der Waals surface area contributed by atoms with E-state index < -0.39 is 47.0 Å². The van der Waals surface area contributed by atoms with E-state index in [1.54, 1.807) is 0 Å². The highest BCUT2D eigenvalue weighted by atomic mass is 16.7. The summed E-state index contributed by atoms with van der Waals surface area (Å²) in [6, 6.07) is 0. The third-order valence-electron chi connectivity index (χ3n) is 8.27. The van der Waals surface area contributed by atoms with Crippen molar-refractivity contribution < 1.29 is 33.6 Å². The summed E-state index contributed by atoms with van der Waals surface area (Å²) in [7, 11) is 0. The molecule has 4 heterocycles. The van der Waals surface area contributed by atoms with Crippen LogP contribution in [0.3, 0.4) is 0 Å². The van der Waals surface area contributed by atoms with Gasteiger partial charge in [0.15, 0.2) is 5.60 Å². The first kappa shape index (κ1) is 15.6. The molecule has 7 unspecified atom stereocenters. The van der Waals surface area contributed by atoms with Gasteiger partial charge in [-0.05, 0) is 25.2 Å². The Hall–Kier alpha value is -1.44. The van der Waals surface area contributed by atoms with E-state index in [1.165, 1.54) is 0 Å². The molecule has 4 aliphatic heterocycles. The lowest BCUT2D eigenvalue weighted by molar-refractivity contribution is -0.205. The molecule has 140 valence electrons. The zero-order valence-corrected chi connectivity index (χ0v) is 14.8. The predicted molar refractivity (Wildman–Crippen MR) is 84.4 cm³/mol. The molecule has 0 amide bonds. The molecule has 0 aromatic carbocycles. The van der Waals surface area contributed by atoms with Crippen LogP contribution in [0.1, 0.15) is 26.7 Å². The zero-order valence-electron chi connectivity index (χ0n) is 14.8. The van der Waals surface area contributed by atoms with E-state index in [1.807, 2.05) is 13.8 Å². The van der Waals surface area contributed by atoms with Crippen LogP contribution in [-0.2, 0) is 28.5 Å². The summed E-state index contributed by atoms with van der Waals surface area (Å²) in [5.74, 6) is -1.18. The van der Waals surface area contributed by atoms with Gasteiger partial charge in [-0.2, -0.15) is 0 Å². The van der Waals surface area contributed by atoms with E-state index in [0.717, 1.165) is 5.57 Å². The van der Waals surface area contributed by atoms with Crippen LogP contribution in [-0.4, -0.2) is 53.9 Å². The third kappa shape index (κ3) is 1.15. The Morgan fingerprint density at radius 3 is 2.81 bits per heavy atom. The number of fused-ring (bicyclic) bond motifs is 1. The second kappa shape index (κ2) is 4.18. The largest absolute Gasteiger partial charge is 0.459 e. The molecule has 2 saturated carbocycles. The molecule has 10 atom stereocenters. The molecule has 6 rings (SSSR count). The summed E-state index contributed by atoms with van der Waals surface area (Å²) in [5.41, 5.74) is -2.28. The monoisotopic (exact) mass is 362 g/mol. The highest BCUT2D eigenvalue weighted by Crippen LogP contribution is 2.83. The Labute approximate surface area is 150 Å². The van der Waals surface area contributed by atoms with Crippen molar-refractivity contribution in [3.05, 3.63) is 12.2 Å². The van der Waals surface area contributed by atoms with Gasteiger partial charge in [0.25, 0.3) is 0 Å². The quantitative estimate of drug-likeness (QED) is 0.538. The molecule has 0 radical (unpaired) electrons. The van der Waals surface area contributed by atoms with Gasteiger partial charge in [0.1, 0.15) is 6.10 Å². The minimum Gasteiger partial charge on any atom is -0.459 e. The van der Waals surface area contributed by atoms with Gasteiger partial charge in [0, 0.05) is 5.92 Å². The summed E-state index contributed by atoms with van der Waals surface area (Å²) in [4.78, 5) is 25.5. The lowest BCUT2D eigenvalue weighted by Gasteiger charge is -2.43. The standard InChI is InChI=1S/C19H22O7/c1-7(2)9-4-10-18-14(21)13-12(8(3)6-23-13)19(18,15(22)24-10)26-16-17(9,18)5-11(20)25-16/h8-10,12-14,16,21H,1,4-6H2,2-3H3/t8-,9+,10?,12?,13?,14+,16?,17?,18?,19?/m1/s1. The molecular formula is C19H22O7. The lowest BCUT2D eigenvalue weighted by Crippen LogP contribution is -2.58. The Morgan fingerprint density at radius 2 is 2.08 bits per heavy atom. The molecule has 7 heteroatoms. The number of hydrogen-bond donors (Lipinski definition) is 1. The molecule has 6 fully saturated rings. The van der Waals surface area contributed by atoms with E-state index in [9.17, 15) is 14.7 Å². The minimum absolute atomic E-state index is 0.0378. The second-order valence-corrected chi connectivity index (χ2v) is 9.04. The maximum absolute atomic E-state index is 13.2. The third-order valence-corrected chi connectivity index (χ3v) is 8.27. The number of hydrogen-bond acceptors (Lipinski definition) is 7. The van der Waals surface area contributed by atoms with Crippen LogP contribution in [0.2, 0.25) is 0 Å². The number of allylic oxidation sites excluding steroid dienone is 1. The van der Waals surface area contributed by atoms with Crippen molar-refractivity contribution in [3.63, 3.8) is 0 Å². The molecular weight excluding hydrogens is 340 g/mol. The van der Waals surface area contributed by atoms with E-state index in [2.05, 4.69) is 6.58 Å². The van der Waals surface area contributed by atoms with Crippen molar-refractivity contribution in [3.8, 4) is 0 Å². The average Bonchev–Trinajstić information content (AvgIpc) is 3.29. The molecule has 26 heavy (non-hydrogen) atoms. The van der Waals surface area contributed by atoms with Crippen LogP contribution in [0.5, 0.6) is 0 Å². The van der Waals surface area contributed by atoms with Gasteiger partial charge in [0.2, 0.25) is 6.29 Å². The molecule has 6 aliphatic rings. The molecule has 2 spiro atoms. The number of rotatable bonds is 1. The van der Waals surface area contributed by atoms with Crippen LogP contribution in [0, 0.1) is 28.6 Å². The average molecular weight is 362 g/mol. The van der Waals surface area contributed by atoms with Crippen LogP contribution in [0.15, 0.2) is 12.2 Å². The Bertz CT molecular complexity index is 778. The Morgan fingerprint density at radius 1 is 1.31 bits per heavy atom. The first-order valence-corrected chi connectivity index (χ1v) is 9.36. The summed E-state index contributed by atoms with van der Waals surface area (Å²) in [6.45, 7) is 8.51. The fourth-order valence-electron chi connectivity index (χ4n) is 7.76. The van der Waals surface area contributed by atoms with Crippen LogP contribution in [0.4, 0.5) is 0 Å². The fraction of sp³-hybridized carbons (Fsp3) is 0.789. The molecule has 0 aromatic heterocycles. The summed E-state index contributed by atoms with van der Waals surface area (Å²) in [6.07, 6.45) is -2.17. The highest BCUT2D eigenvalue weighted by Gasteiger charge is 2.97. The Balaban J connectivity index is 1.68. The fourth-order valence-corrected chi connectivity index (χ4v) is 7.76. The topological polar surface area (TPSA) is 91.3 Å². The van der Waals surface area contributed by atoms with Gasteiger partial charge < -0.3 is 24.1 Å². The first-order valence-electron chi connectivity index (χ1n) is 9.36. The number of aliphatic hydroxyl groups excluding tert-OH is 1. The zero-order chi connectivity index (χ0) is 18.2. The van der Waals surface area contributed by atoms with Gasteiger partial charge in [0.05, 0.1) is 36.1 Å². The number of aliphatic hydroxyl groups is 1. The maximum atomic E-state index is 13.2. The number of carbonyl (C=O) groups excluding carboxylic acids is 2. The molecule has 0 bridgehead atoms. The maximum Gasteiger partial charge on any atom is 0.340 e. The van der Waals surface area contributed by atoms with Crippen molar-refractivity contribution in [2.45, 2.75) is 56.9 Å². The second-order valence-electron chi connectivity index (χ2n) is 9.04. The van der Waals surface area contributed by atoms with Gasteiger partial charge in [-0.25, -0.2) is 4.79 Å². The van der Waals surface area contributed by atoms with E-state index in [4.69, 9.17) is 18.9 Å². The summed E-state index contributed by atoms with van der Waals surface area (Å²) < 4.78 is 23.7. The van der Waals surface area contributed by atoms with Crippen molar-refractivity contribution >= 4 is 11.9 Å². The summed E-state index contributed by atoms with van der Waals surface area (Å²) >= 11 is 0. The van der Waals surface area contributed by atoms with Crippen LogP contribution >= 0.6 is 0 Å². The van der Waals surface area contributed by atoms with Crippen LogP contribution < -0.4 is 0 Å². The normalized spacial score (nSPS) is 61.1. The van der Waals surface area contributed by atoms with Crippen LogP contribution in [0.25, 0.3) is 0 Å². The van der Waals surface area contributed by atoms with Gasteiger partial charge in [-0.3, -0.25) is 4.79 Å². The van der Waals surface area contributed by atoms with Gasteiger partial charge in [-0.15, -0.1) is 0 Å². The lowest BCUT2D eigenvalue weighted by atomic mass is 9.54. The number of ether oxygens (including phenoxy) is 4. The van der Waals surface area contributed by atoms with Crippen molar-refractivity contribution in [2.75, 3.05) is 6.61 Å². The van der Waals surface area contributed by atoms with Crippen molar-refractivity contribution in [1.29, 1.82) is 0 Å². The molecule has 1 N–H and O–H groups in total. The van der Waals surface area contributed by atoms with E-state index in [-0.39, 0.29) is 30.1 Å². The smallest absolute Gasteiger partial charge is 0.340 e. The van der Waals surface area contributed by atoms with Crippen molar-refractivity contribution in [1.82, 2.24) is 0 Å². The molecule has 4 saturated heterocycles. The van der Waals surface area contributed by atoms with E-state index >= 15 is 0 Å². The first-order chi connectivity index (χ1) is 12.3. The Kier molecular flexibility index (Phi) is 2.51. The van der Waals surface area contributed by atoms with E-state index in [0.29, 0.717) is 13.0 Å². The molecule has 7 nitrogen and oxygen atoms in total. The van der Waals surface area contributed by atoms with Crippen molar-refractivity contribution in [2.24, 2.45) is 28.6 Å². The highest BCUT2D eigenvalue weighted by molar-refractivity contribution is 5.89. The predicted octanol–water partition coefficient (Wildman–Crippen LogP) is 0.548.